The molecule has 3 heterocycles. The van der Waals surface area contributed by atoms with Gasteiger partial charge in [0, 0.05) is 43.4 Å². The number of amides is 1. The smallest absolute Gasteiger partial charge is 0.481 e. The maximum absolute atomic E-state index is 15.3. The Hall–Kier alpha value is -4.28. The third kappa shape index (κ3) is 6.04. The first-order chi connectivity index (χ1) is 21.4. The van der Waals surface area contributed by atoms with Crippen LogP contribution in [-0.4, -0.2) is 41.2 Å². The summed E-state index contributed by atoms with van der Waals surface area (Å²) in [4.78, 5) is 57.6. The predicted molar refractivity (Wildman–Crippen MR) is 158 cm³/mol. The molecule has 0 N–H and O–H groups in total. The predicted octanol–water partition coefficient (Wildman–Crippen LogP) is 4.71. The van der Waals surface area contributed by atoms with Crippen LogP contribution in [0.25, 0.3) is 0 Å². The van der Waals surface area contributed by atoms with Crippen molar-refractivity contribution in [1.29, 1.82) is 0 Å². The number of esters is 1. The highest BCUT2D eigenvalue weighted by atomic mass is 19.1. The van der Waals surface area contributed by atoms with Crippen molar-refractivity contribution in [2.45, 2.75) is 83.8 Å². The number of fused-ring (bicyclic) bond motifs is 2. The van der Waals surface area contributed by atoms with Gasteiger partial charge in [0.15, 0.2) is 23.9 Å². The number of benzene rings is 1. The van der Waals surface area contributed by atoms with E-state index >= 15 is 4.39 Å². The third-order valence-electron chi connectivity index (χ3n) is 9.52. The second kappa shape index (κ2) is 11.9. The zero-order chi connectivity index (χ0) is 32.0. The number of nitrogens with zero attached hydrogens (tertiary/aromatic N) is 2. The highest BCUT2D eigenvalue weighted by Gasteiger charge is 2.44. The maximum atomic E-state index is 15.3. The van der Waals surface area contributed by atoms with Gasteiger partial charge >= 0.3 is 11.8 Å². The van der Waals surface area contributed by atoms with Crippen molar-refractivity contribution in [2.75, 3.05) is 13.7 Å². The molecule has 0 bridgehead atoms. The van der Waals surface area contributed by atoms with Crippen LogP contribution in [0.3, 0.4) is 0 Å². The average molecular weight is 621 g/mol. The standard InChI is InChI=1S/C34H37FN2O8/c1-18-27(45-33(41)44-18)17-43-29(39)16-19-12-22(13-19)32(40)37-10-8-25-23(5-6-28(36-25)42-4)31(37)26(38)15-20-11-21-7-9-34(2,3)30(21)24(35)14-20/h5-6,11,14,19,22,31H,7-10,12-13,15-17H2,1-4H3/t19?,22?,31-/m1/s1. The van der Waals surface area contributed by atoms with Gasteiger partial charge < -0.3 is 23.2 Å². The lowest BCUT2D eigenvalue weighted by atomic mass is 9.72. The summed E-state index contributed by atoms with van der Waals surface area (Å²) in [6, 6.07) is 6.02. The zero-order valence-corrected chi connectivity index (χ0v) is 25.9. The zero-order valence-electron chi connectivity index (χ0n) is 25.9. The van der Waals surface area contributed by atoms with E-state index in [1.54, 1.807) is 24.0 Å². The minimum atomic E-state index is -0.857. The maximum Gasteiger partial charge on any atom is 0.519 e. The molecule has 10 nitrogen and oxygen atoms in total. The number of Topliss-reactive ketones (excluding diaryl/α,β-unsaturated/α-hetero) is 1. The second-order valence-corrected chi connectivity index (χ2v) is 13.0. The van der Waals surface area contributed by atoms with Crippen molar-refractivity contribution >= 4 is 17.7 Å². The summed E-state index contributed by atoms with van der Waals surface area (Å²) < 4.78 is 35.4. The number of carbonyl (C=O) groups is 3. The summed E-state index contributed by atoms with van der Waals surface area (Å²) in [7, 11) is 1.53. The Morgan fingerprint density at radius 2 is 1.91 bits per heavy atom. The third-order valence-corrected chi connectivity index (χ3v) is 9.52. The Balaban J connectivity index is 1.15. The number of aryl methyl sites for hydroxylation is 2. The van der Waals surface area contributed by atoms with Crippen LogP contribution in [0.2, 0.25) is 0 Å². The number of halogens is 1. The second-order valence-electron chi connectivity index (χ2n) is 13.0. The number of hydrogen-bond donors (Lipinski definition) is 0. The summed E-state index contributed by atoms with van der Waals surface area (Å²) in [6.45, 7) is 5.73. The molecule has 2 aliphatic carbocycles. The van der Waals surface area contributed by atoms with Crippen LogP contribution in [0.5, 0.6) is 5.88 Å². The van der Waals surface area contributed by atoms with Gasteiger partial charge in [0.2, 0.25) is 11.8 Å². The molecule has 0 spiro atoms. The Kier molecular flexibility index (Phi) is 8.13. The lowest BCUT2D eigenvalue weighted by Crippen LogP contribution is -2.49. The van der Waals surface area contributed by atoms with Gasteiger partial charge in [-0.1, -0.05) is 19.9 Å². The topological polar surface area (TPSA) is 129 Å². The number of aromatic nitrogens is 1. The van der Waals surface area contributed by atoms with Crippen molar-refractivity contribution in [3.63, 3.8) is 0 Å². The van der Waals surface area contributed by atoms with Gasteiger partial charge in [0.25, 0.3) is 0 Å². The summed E-state index contributed by atoms with van der Waals surface area (Å²) in [6.07, 6.45) is 3.18. The largest absolute Gasteiger partial charge is 0.519 e. The molecule has 6 rings (SSSR count). The lowest BCUT2D eigenvalue weighted by molar-refractivity contribution is -0.152. The molecule has 2 aromatic heterocycles. The molecule has 1 aromatic carbocycles. The minimum absolute atomic E-state index is 0.0140. The summed E-state index contributed by atoms with van der Waals surface area (Å²) >= 11 is 0. The van der Waals surface area contributed by atoms with Crippen LogP contribution in [0.4, 0.5) is 4.39 Å². The molecule has 1 amide bonds. The van der Waals surface area contributed by atoms with E-state index in [2.05, 4.69) is 4.98 Å². The van der Waals surface area contributed by atoms with Crippen LogP contribution in [0, 0.1) is 24.6 Å². The fourth-order valence-corrected chi connectivity index (χ4v) is 7.10. The number of rotatable bonds is 9. The molecule has 3 aliphatic rings. The normalized spacial score (nSPS) is 21.4. The Morgan fingerprint density at radius 3 is 2.62 bits per heavy atom. The first-order valence-corrected chi connectivity index (χ1v) is 15.4. The molecule has 11 heteroatoms. The molecular weight excluding hydrogens is 583 g/mol. The quantitative estimate of drug-likeness (QED) is 0.313. The number of carbonyl (C=O) groups excluding carboxylic acids is 3. The number of methoxy groups -OCH3 is 1. The van der Waals surface area contributed by atoms with Gasteiger partial charge in [0.05, 0.1) is 12.8 Å². The molecule has 1 aliphatic heterocycles. The van der Waals surface area contributed by atoms with Gasteiger partial charge in [-0.2, -0.15) is 0 Å². The number of ketones is 1. The summed E-state index contributed by atoms with van der Waals surface area (Å²) in [5.74, 6) is -1.46. The van der Waals surface area contributed by atoms with E-state index in [1.165, 1.54) is 13.2 Å². The molecule has 1 fully saturated rings. The Labute approximate surface area is 259 Å². The fraction of sp³-hybridized carbons (Fsp3) is 0.500. The number of ether oxygens (including phenoxy) is 2. The van der Waals surface area contributed by atoms with Gasteiger partial charge in [-0.3, -0.25) is 14.4 Å². The van der Waals surface area contributed by atoms with Gasteiger partial charge in [-0.25, -0.2) is 14.2 Å². The monoisotopic (exact) mass is 620 g/mol. The summed E-state index contributed by atoms with van der Waals surface area (Å²) in [5.41, 5.74) is 3.38. The van der Waals surface area contributed by atoms with E-state index in [0.717, 1.165) is 24.0 Å². The van der Waals surface area contributed by atoms with Crippen molar-refractivity contribution in [3.8, 4) is 5.88 Å². The van der Waals surface area contributed by atoms with Crippen LogP contribution in [0.15, 0.2) is 37.9 Å². The molecule has 3 aromatic rings. The highest BCUT2D eigenvalue weighted by molar-refractivity contribution is 5.93. The van der Waals surface area contributed by atoms with Crippen molar-refractivity contribution in [3.05, 3.63) is 80.2 Å². The Morgan fingerprint density at radius 1 is 1.13 bits per heavy atom. The first kappa shape index (κ1) is 30.7. The van der Waals surface area contributed by atoms with Crippen LogP contribution < -0.4 is 10.6 Å². The van der Waals surface area contributed by atoms with Crippen LogP contribution in [0.1, 0.15) is 85.0 Å². The molecule has 0 unspecified atom stereocenters. The number of pyridine rings is 1. The number of hydrogen-bond acceptors (Lipinski definition) is 9. The fourth-order valence-electron chi connectivity index (χ4n) is 7.10. The van der Waals surface area contributed by atoms with Crippen molar-refractivity contribution in [1.82, 2.24) is 9.88 Å². The Bertz CT molecular complexity index is 1720. The SMILES string of the molecule is COc1ccc2c(n1)CCN(C(=O)C1CC(CC(=O)OCc3oc(=O)oc3C)C1)[C@H]2C(=O)Cc1cc(F)c2c(c1)CCC2(C)C. The van der Waals surface area contributed by atoms with E-state index in [1.807, 2.05) is 19.9 Å². The molecule has 1 saturated carbocycles. The van der Waals surface area contributed by atoms with E-state index in [-0.39, 0.29) is 65.7 Å². The molecule has 0 saturated heterocycles. The van der Waals surface area contributed by atoms with E-state index in [9.17, 15) is 19.2 Å². The van der Waals surface area contributed by atoms with E-state index in [4.69, 9.17) is 18.3 Å². The van der Waals surface area contributed by atoms with Crippen LogP contribution >= 0.6 is 0 Å². The molecule has 0 radical (unpaired) electrons. The van der Waals surface area contributed by atoms with Crippen LogP contribution in [-0.2, 0) is 50.4 Å². The van der Waals surface area contributed by atoms with Gasteiger partial charge in [0.1, 0.15) is 11.9 Å². The van der Waals surface area contributed by atoms with Gasteiger partial charge in [-0.15, -0.1) is 0 Å². The highest BCUT2D eigenvalue weighted by Crippen LogP contribution is 2.42. The first-order valence-electron chi connectivity index (χ1n) is 15.4. The van der Waals surface area contributed by atoms with E-state index in [0.29, 0.717) is 48.5 Å². The van der Waals surface area contributed by atoms with Crippen molar-refractivity contribution < 1.29 is 37.1 Å². The molecule has 238 valence electrons. The molecule has 45 heavy (non-hydrogen) atoms. The van der Waals surface area contributed by atoms with Gasteiger partial charge in [-0.05, 0) is 72.8 Å². The minimum Gasteiger partial charge on any atom is -0.481 e. The van der Waals surface area contributed by atoms with E-state index < -0.39 is 17.8 Å². The average Bonchev–Trinajstić information content (AvgIpc) is 3.47. The summed E-state index contributed by atoms with van der Waals surface area (Å²) in [5, 5.41) is 0. The van der Waals surface area contributed by atoms with Crippen molar-refractivity contribution in [2.24, 2.45) is 11.8 Å². The lowest BCUT2D eigenvalue weighted by Gasteiger charge is -2.42. The molecular formula is C34H37FN2O8. The molecule has 1 atom stereocenters.